The number of hydrogen-bond acceptors (Lipinski definition) is 0. The van der Waals surface area contributed by atoms with E-state index in [1.54, 1.807) is 10.4 Å². The van der Waals surface area contributed by atoms with E-state index in [4.69, 9.17) is 0 Å². The number of hydrogen-bond donors (Lipinski definition) is 0. The van der Waals surface area contributed by atoms with Crippen LogP contribution in [-0.4, -0.2) is 24.2 Å². The maximum Gasteiger partial charge on any atom is 4.00 e. The Labute approximate surface area is 327 Å². The Balaban J connectivity index is 0.00000225. The summed E-state index contributed by atoms with van der Waals surface area (Å²) >= 11 is 0. The van der Waals surface area contributed by atoms with Gasteiger partial charge in [-0.25, -0.2) is 0 Å². The van der Waals surface area contributed by atoms with Crippen LogP contribution in [0, 0.1) is 14.9 Å². The van der Waals surface area contributed by atoms with Gasteiger partial charge < -0.3 is 14.9 Å². The van der Waals surface area contributed by atoms with Crippen LogP contribution < -0.4 is 20.7 Å². The molecule has 0 amide bonds. The largest absolute Gasteiger partial charge is 4.00 e. The van der Waals surface area contributed by atoms with Crippen molar-refractivity contribution in [1.29, 1.82) is 0 Å². The van der Waals surface area contributed by atoms with Crippen molar-refractivity contribution in [2.24, 2.45) is 0 Å². The van der Waals surface area contributed by atoms with Crippen LogP contribution in [-0.2, 0) is 25.8 Å². The zero-order valence-electron chi connectivity index (χ0n) is 33.4. The fourth-order valence-electron chi connectivity index (χ4n) is 8.73. The molecular formula is C46H60HfSi3. The zero-order chi connectivity index (χ0) is 34.2. The van der Waals surface area contributed by atoms with Crippen molar-refractivity contribution in [3.8, 4) is 22.3 Å². The van der Waals surface area contributed by atoms with E-state index in [2.05, 4.69) is 190 Å². The number of benzene rings is 4. The molecule has 0 unspecified atom stereocenters. The Morgan fingerprint density at radius 1 is 0.460 bits per heavy atom. The van der Waals surface area contributed by atoms with Crippen molar-refractivity contribution in [3.63, 3.8) is 0 Å². The van der Waals surface area contributed by atoms with Crippen molar-refractivity contribution in [2.75, 3.05) is 0 Å². The standard InChI is InChI=1S/C44H54Si3.2CH3.Hf/c1-43(2,3)47(44(4,5)6,37-27-33-15-13-17-39(41(33)29-37)31-19-23-35(24-20-31)45(7,8)9)38-28-34-16-14-18-40(42(34)30-38)32-21-25-36(26-22-32)46(10,11)12;;;/h13-30H,1-12H3;2*1H3;/q-2;2*-1;+4. The molecular weight excluding hydrogens is 815 g/mol. The topological polar surface area (TPSA) is 0 Å². The third kappa shape index (κ3) is 7.29. The first-order chi connectivity index (χ1) is 21.8. The van der Waals surface area contributed by atoms with E-state index in [-0.39, 0.29) is 50.8 Å². The molecule has 0 aliphatic rings. The summed E-state index contributed by atoms with van der Waals surface area (Å²) in [6.07, 6.45) is 0. The normalized spacial score (nSPS) is 12.7. The van der Waals surface area contributed by atoms with E-state index in [1.165, 1.54) is 54.2 Å². The monoisotopic (exact) mass is 876 g/mol. The van der Waals surface area contributed by atoms with Gasteiger partial charge in [0.2, 0.25) is 0 Å². The first kappa shape index (κ1) is 42.0. The fourth-order valence-corrected chi connectivity index (χ4v) is 18.6. The Morgan fingerprint density at radius 2 is 0.780 bits per heavy atom. The molecule has 0 heterocycles. The predicted octanol–water partition coefficient (Wildman–Crippen LogP) is 11.9. The molecule has 260 valence electrons. The molecule has 50 heavy (non-hydrogen) atoms. The second kappa shape index (κ2) is 14.6. The summed E-state index contributed by atoms with van der Waals surface area (Å²) in [5, 5.41) is 11.8. The molecule has 0 fully saturated rings. The molecule has 0 aliphatic heterocycles. The Hall–Kier alpha value is -2.38. The van der Waals surface area contributed by atoms with Gasteiger partial charge in [-0.15, -0.1) is 68.3 Å². The quantitative estimate of drug-likeness (QED) is 0.116. The van der Waals surface area contributed by atoms with Gasteiger partial charge in [-0.05, 0) is 21.2 Å². The van der Waals surface area contributed by atoms with E-state index in [9.17, 15) is 0 Å². The summed E-state index contributed by atoms with van der Waals surface area (Å²) in [5.74, 6) is 0. The van der Waals surface area contributed by atoms with Gasteiger partial charge in [-0.1, -0.05) is 163 Å². The smallest absolute Gasteiger partial charge is 0.358 e. The zero-order valence-corrected chi connectivity index (χ0v) is 40.0. The molecule has 4 heteroatoms. The van der Waals surface area contributed by atoms with Crippen LogP contribution in [0.5, 0.6) is 0 Å². The summed E-state index contributed by atoms with van der Waals surface area (Å²) < 4.78 is 0. The van der Waals surface area contributed by atoms with Gasteiger partial charge in [-0.2, -0.15) is 12.1 Å². The first-order valence-corrected chi connectivity index (χ1v) is 26.4. The molecule has 6 rings (SSSR count). The second-order valence-electron chi connectivity index (χ2n) is 18.0. The molecule has 0 spiro atoms. The molecule has 0 radical (unpaired) electrons. The summed E-state index contributed by atoms with van der Waals surface area (Å²) in [6, 6.07) is 43.0. The van der Waals surface area contributed by atoms with Crippen LogP contribution >= 0.6 is 0 Å². The van der Waals surface area contributed by atoms with E-state index < -0.39 is 24.2 Å². The van der Waals surface area contributed by atoms with Crippen LogP contribution in [0.4, 0.5) is 0 Å². The van der Waals surface area contributed by atoms with E-state index in [0.717, 1.165) is 0 Å². The van der Waals surface area contributed by atoms with Gasteiger partial charge in [0.05, 0.1) is 24.2 Å². The van der Waals surface area contributed by atoms with Crippen LogP contribution in [0.2, 0.25) is 49.4 Å². The maximum atomic E-state index is 2.59. The molecule has 0 aliphatic carbocycles. The molecule has 0 bridgehead atoms. The number of fused-ring (bicyclic) bond motifs is 2. The van der Waals surface area contributed by atoms with Crippen molar-refractivity contribution in [3.05, 3.63) is 124 Å². The second-order valence-corrected chi connectivity index (χ2v) is 33.8. The molecule has 0 saturated carbocycles. The minimum atomic E-state index is -2.42. The Kier molecular flexibility index (Phi) is 12.2. The van der Waals surface area contributed by atoms with Crippen molar-refractivity contribution in [2.45, 2.75) is 90.9 Å². The fraction of sp³-hybridized carbons (Fsp3) is 0.304. The first-order valence-electron chi connectivity index (χ1n) is 17.4. The van der Waals surface area contributed by atoms with Gasteiger partial charge in [0, 0.05) is 0 Å². The third-order valence-corrected chi connectivity index (χ3v) is 21.7. The van der Waals surface area contributed by atoms with E-state index >= 15 is 0 Å². The van der Waals surface area contributed by atoms with Crippen molar-refractivity contribution < 1.29 is 25.8 Å². The van der Waals surface area contributed by atoms with Crippen LogP contribution in [0.15, 0.2) is 109 Å². The van der Waals surface area contributed by atoms with E-state index in [1.807, 2.05) is 0 Å². The molecule has 0 N–H and O–H groups in total. The molecule has 0 aromatic heterocycles. The van der Waals surface area contributed by atoms with Crippen LogP contribution in [0.1, 0.15) is 41.5 Å². The molecule has 0 saturated heterocycles. The van der Waals surface area contributed by atoms with Gasteiger partial charge in [0.1, 0.15) is 0 Å². The van der Waals surface area contributed by atoms with Crippen molar-refractivity contribution >= 4 is 66.5 Å². The van der Waals surface area contributed by atoms with Crippen LogP contribution in [0.25, 0.3) is 43.8 Å². The van der Waals surface area contributed by atoms with Gasteiger partial charge in [0.15, 0.2) is 0 Å². The van der Waals surface area contributed by atoms with Crippen molar-refractivity contribution in [1.82, 2.24) is 0 Å². The third-order valence-electron chi connectivity index (χ3n) is 10.7. The molecule has 6 aromatic carbocycles. The van der Waals surface area contributed by atoms with Gasteiger partial charge in [0.25, 0.3) is 0 Å². The summed E-state index contributed by atoms with van der Waals surface area (Å²) in [4.78, 5) is 0. The average Bonchev–Trinajstić information content (AvgIpc) is 3.60. The Morgan fingerprint density at radius 3 is 1.06 bits per heavy atom. The van der Waals surface area contributed by atoms with Gasteiger partial charge >= 0.3 is 25.8 Å². The summed E-state index contributed by atoms with van der Waals surface area (Å²) in [6.45, 7) is 29.6. The average molecular weight is 876 g/mol. The summed E-state index contributed by atoms with van der Waals surface area (Å²) in [5.41, 5.74) is 5.33. The van der Waals surface area contributed by atoms with Gasteiger partial charge in [-0.3, -0.25) is 0 Å². The SMILES string of the molecule is CC(C)(C)[Si](c1cc2c(-c3ccc([Si](C)(C)C)cc3)cccc2[cH-]1)(c1cc2c(-c3ccc([Si](C)(C)C)cc3)cccc2[cH-]1)C(C)(C)C.[CH3-].[CH3-].[Hf+4]. The minimum absolute atomic E-state index is 0. The molecule has 0 nitrogen and oxygen atoms in total. The molecule has 6 aromatic rings. The molecule has 0 atom stereocenters. The predicted molar refractivity (Wildman–Crippen MR) is 233 cm³/mol. The summed E-state index contributed by atoms with van der Waals surface area (Å²) in [7, 11) is -5.13. The Bertz CT molecular complexity index is 1890. The number of rotatable bonds is 6. The van der Waals surface area contributed by atoms with Crippen LogP contribution in [0.3, 0.4) is 0 Å². The maximum absolute atomic E-state index is 2.59. The van der Waals surface area contributed by atoms with E-state index in [0.29, 0.717) is 0 Å². The minimum Gasteiger partial charge on any atom is -0.358 e.